The van der Waals surface area contributed by atoms with Gasteiger partial charge in [-0.3, -0.25) is 4.90 Å². The molecule has 1 saturated carbocycles. The minimum atomic E-state index is -0.303. The maximum atomic E-state index is 12.0. The van der Waals surface area contributed by atoms with Crippen molar-refractivity contribution < 1.29 is 9.53 Å². The lowest BCUT2D eigenvalue weighted by Crippen LogP contribution is -2.42. The molecule has 2 aliphatic rings. The van der Waals surface area contributed by atoms with Gasteiger partial charge in [0.15, 0.2) is 0 Å². The van der Waals surface area contributed by atoms with Gasteiger partial charge in [0, 0.05) is 11.7 Å². The molecule has 1 aromatic rings. The average molecular weight is 246 g/mol. The number of carbonyl (C=O) groups excluding carboxylic acids is 1. The summed E-state index contributed by atoms with van der Waals surface area (Å²) in [7, 11) is 0. The number of carbonyl (C=O) groups is 1. The Kier molecular flexibility index (Phi) is 2.74. The standard InChI is InChI=1S/C14H18N2O2/c15-11-6-8-14(9-7-11)10-16(13(17)18-14)12-4-2-1-3-5-12/h1-5,11H,6-10,15H2. The maximum Gasteiger partial charge on any atom is 0.415 e. The molecular formula is C14H18N2O2. The molecule has 0 atom stereocenters. The van der Waals surface area contributed by atoms with Gasteiger partial charge < -0.3 is 10.5 Å². The van der Waals surface area contributed by atoms with E-state index in [1.54, 1.807) is 4.90 Å². The molecule has 4 heteroatoms. The van der Waals surface area contributed by atoms with Crippen LogP contribution < -0.4 is 10.6 Å². The predicted octanol–water partition coefficient (Wildman–Crippen LogP) is 2.28. The fraction of sp³-hybridized carbons (Fsp3) is 0.500. The van der Waals surface area contributed by atoms with Crippen molar-refractivity contribution >= 4 is 11.8 Å². The molecule has 0 unspecified atom stereocenters. The third-order valence-corrected chi connectivity index (χ3v) is 3.98. The Morgan fingerprint density at radius 1 is 1.22 bits per heavy atom. The first kappa shape index (κ1) is 11.5. The van der Waals surface area contributed by atoms with Gasteiger partial charge in [-0.05, 0) is 37.8 Å². The van der Waals surface area contributed by atoms with Crippen LogP contribution >= 0.6 is 0 Å². The zero-order valence-electron chi connectivity index (χ0n) is 10.3. The summed E-state index contributed by atoms with van der Waals surface area (Å²) in [5, 5.41) is 0. The van der Waals surface area contributed by atoms with E-state index in [9.17, 15) is 4.79 Å². The largest absolute Gasteiger partial charge is 0.441 e. The number of amides is 1. The highest BCUT2D eigenvalue weighted by Crippen LogP contribution is 2.38. The number of para-hydroxylation sites is 1. The summed E-state index contributed by atoms with van der Waals surface area (Å²) in [4.78, 5) is 13.7. The van der Waals surface area contributed by atoms with Gasteiger partial charge in [-0.2, -0.15) is 0 Å². The number of hydrogen-bond donors (Lipinski definition) is 1. The van der Waals surface area contributed by atoms with Gasteiger partial charge in [-0.15, -0.1) is 0 Å². The summed E-state index contributed by atoms with van der Waals surface area (Å²) in [5.74, 6) is 0. The van der Waals surface area contributed by atoms with Crippen molar-refractivity contribution in [1.29, 1.82) is 0 Å². The van der Waals surface area contributed by atoms with Crippen molar-refractivity contribution in [2.45, 2.75) is 37.3 Å². The lowest BCUT2D eigenvalue weighted by Gasteiger charge is -2.33. The Bertz CT molecular complexity index is 438. The lowest BCUT2D eigenvalue weighted by molar-refractivity contribution is 0.0219. The first-order valence-electron chi connectivity index (χ1n) is 6.50. The van der Waals surface area contributed by atoms with Crippen LogP contribution in [-0.2, 0) is 4.74 Å². The van der Waals surface area contributed by atoms with E-state index in [-0.39, 0.29) is 17.7 Å². The summed E-state index contributed by atoms with van der Waals surface area (Å²) in [6, 6.07) is 9.96. The molecule has 1 aliphatic heterocycles. The van der Waals surface area contributed by atoms with E-state index >= 15 is 0 Å². The number of benzene rings is 1. The third-order valence-electron chi connectivity index (χ3n) is 3.98. The van der Waals surface area contributed by atoms with Crippen LogP contribution in [0.15, 0.2) is 30.3 Å². The molecule has 1 aliphatic carbocycles. The molecule has 2 fully saturated rings. The monoisotopic (exact) mass is 246 g/mol. The zero-order chi connectivity index (χ0) is 12.6. The summed E-state index contributed by atoms with van der Waals surface area (Å²) in [5.41, 5.74) is 6.52. The van der Waals surface area contributed by atoms with E-state index in [1.165, 1.54) is 0 Å². The molecule has 1 amide bonds. The number of rotatable bonds is 1. The van der Waals surface area contributed by atoms with Crippen LogP contribution in [0.5, 0.6) is 0 Å². The van der Waals surface area contributed by atoms with E-state index < -0.39 is 0 Å². The highest BCUT2D eigenvalue weighted by Gasteiger charge is 2.47. The van der Waals surface area contributed by atoms with E-state index in [1.807, 2.05) is 30.3 Å². The highest BCUT2D eigenvalue weighted by atomic mass is 16.6. The molecule has 1 heterocycles. The SMILES string of the molecule is NC1CCC2(CC1)CN(c1ccccc1)C(=O)O2. The molecule has 1 spiro atoms. The van der Waals surface area contributed by atoms with Crippen molar-refractivity contribution in [2.24, 2.45) is 5.73 Å². The lowest BCUT2D eigenvalue weighted by atomic mass is 9.82. The first-order valence-corrected chi connectivity index (χ1v) is 6.50. The quantitative estimate of drug-likeness (QED) is 0.827. The first-order chi connectivity index (χ1) is 8.69. The average Bonchev–Trinajstić information content (AvgIpc) is 2.72. The molecule has 4 nitrogen and oxygen atoms in total. The highest BCUT2D eigenvalue weighted by molar-refractivity contribution is 5.90. The Morgan fingerprint density at radius 2 is 1.89 bits per heavy atom. The van der Waals surface area contributed by atoms with E-state index in [0.717, 1.165) is 31.4 Å². The van der Waals surface area contributed by atoms with Gasteiger partial charge in [-0.25, -0.2) is 4.79 Å². The van der Waals surface area contributed by atoms with Crippen molar-refractivity contribution in [3.63, 3.8) is 0 Å². The second kappa shape index (κ2) is 4.28. The van der Waals surface area contributed by atoms with Gasteiger partial charge in [0.1, 0.15) is 5.60 Å². The van der Waals surface area contributed by atoms with Crippen molar-refractivity contribution in [3.8, 4) is 0 Å². The van der Waals surface area contributed by atoms with Crippen LogP contribution in [-0.4, -0.2) is 24.3 Å². The second-order valence-electron chi connectivity index (χ2n) is 5.31. The van der Waals surface area contributed by atoms with Gasteiger partial charge in [0.25, 0.3) is 0 Å². The van der Waals surface area contributed by atoms with E-state index in [0.29, 0.717) is 6.54 Å². The summed E-state index contributed by atoms with van der Waals surface area (Å²) in [6.07, 6.45) is 3.41. The fourth-order valence-electron chi connectivity index (χ4n) is 2.86. The van der Waals surface area contributed by atoms with Crippen LogP contribution in [0, 0.1) is 0 Å². The van der Waals surface area contributed by atoms with Crippen LogP contribution in [0.2, 0.25) is 0 Å². The normalized spacial score (nSPS) is 31.7. The van der Waals surface area contributed by atoms with Crippen LogP contribution in [0.25, 0.3) is 0 Å². The molecule has 2 N–H and O–H groups in total. The number of nitrogens with zero attached hydrogens (tertiary/aromatic N) is 1. The van der Waals surface area contributed by atoms with Crippen molar-refractivity contribution in [3.05, 3.63) is 30.3 Å². The number of ether oxygens (including phenoxy) is 1. The Labute approximate surface area is 107 Å². The van der Waals surface area contributed by atoms with E-state index in [4.69, 9.17) is 10.5 Å². The van der Waals surface area contributed by atoms with Crippen molar-refractivity contribution in [2.75, 3.05) is 11.4 Å². The Morgan fingerprint density at radius 3 is 2.56 bits per heavy atom. The van der Waals surface area contributed by atoms with E-state index in [2.05, 4.69) is 0 Å². The minimum Gasteiger partial charge on any atom is -0.441 e. The fourth-order valence-corrected chi connectivity index (χ4v) is 2.86. The molecule has 3 rings (SSSR count). The molecule has 0 bridgehead atoms. The third kappa shape index (κ3) is 1.97. The van der Waals surface area contributed by atoms with Gasteiger partial charge >= 0.3 is 6.09 Å². The smallest absolute Gasteiger partial charge is 0.415 e. The summed E-state index contributed by atoms with van der Waals surface area (Å²) < 4.78 is 5.64. The summed E-state index contributed by atoms with van der Waals surface area (Å²) >= 11 is 0. The molecular weight excluding hydrogens is 228 g/mol. The van der Waals surface area contributed by atoms with Gasteiger partial charge in [0.2, 0.25) is 0 Å². The van der Waals surface area contributed by atoms with Crippen LogP contribution in [0.3, 0.4) is 0 Å². The van der Waals surface area contributed by atoms with Crippen LogP contribution in [0.1, 0.15) is 25.7 Å². The number of nitrogens with two attached hydrogens (primary N) is 1. The molecule has 0 radical (unpaired) electrons. The summed E-state index contributed by atoms with van der Waals surface area (Å²) in [6.45, 7) is 0.655. The molecule has 18 heavy (non-hydrogen) atoms. The van der Waals surface area contributed by atoms with Crippen molar-refractivity contribution in [1.82, 2.24) is 0 Å². The predicted molar refractivity (Wildman–Crippen MR) is 69.4 cm³/mol. The molecule has 0 aromatic heterocycles. The van der Waals surface area contributed by atoms with Crippen LogP contribution in [0.4, 0.5) is 10.5 Å². The second-order valence-corrected chi connectivity index (χ2v) is 5.31. The molecule has 1 saturated heterocycles. The zero-order valence-corrected chi connectivity index (χ0v) is 10.3. The minimum absolute atomic E-state index is 0.225. The Balaban J connectivity index is 1.78. The number of hydrogen-bond acceptors (Lipinski definition) is 3. The number of anilines is 1. The maximum absolute atomic E-state index is 12.0. The van der Waals surface area contributed by atoms with Gasteiger partial charge in [-0.1, -0.05) is 18.2 Å². The molecule has 96 valence electrons. The molecule has 1 aromatic carbocycles. The topological polar surface area (TPSA) is 55.6 Å². The van der Waals surface area contributed by atoms with Gasteiger partial charge in [0.05, 0.1) is 6.54 Å². The Hall–Kier alpha value is -1.55.